The zero-order valence-electron chi connectivity index (χ0n) is 7.98. The molecule has 1 atom stereocenters. The molecule has 1 aromatic rings. The monoisotopic (exact) mass is 210 g/mol. The summed E-state index contributed by atoms with van der Waals surface area (Å²) in [5.74, 6) is -1.14. The number of carboxylic acids is 1. The van der Waals surface area contributed by atoms with Gasteiger partial charge in [-0.2, -0.15) is 0 Å². The molecule has 2 N–H and O–H groups in total. The van der Waals surface area contributed by atoms with Crippen molar-refractivity contribution in [2.45, 2.75) is 19.0 Å². The van der Waals surface area contributed by atoms with Crippen molar-refractivity contribution in [2.75, 3.05) is 0 Å². The van der Waals surface area contributed by atoms with E-state index in [1.807, 2.05) is 0 Å². The van der Waals surface area contributed by atoms with E-state index in [4.69, 9.17) is 5.11 Å². The van der Waals surface area contributed by atoms with E-state index >= 15 is 0 Å². The van der Waals surface area contributed by atoms with Crippen LogP contribution in [0, 0.1) is 5.41 Å². The van der Waals surface area contributed by atoms with Gasteiger partial charge in [0.15, 0.2) is 0 Å². The highest BCUT2D eigenvalue weighted by atomic mass is 19.1. The zero-order chi connectivity index (χ0) is 11.1. The van der Waals surface area contributed by atoms with Gasteiger partial charge in [0.05, 0.1) is 0 Å². The van der Waals surface area contributed by atoms with Gasteiger partial charge in [-0.05, 0) is 30.5 Å². The van der Waals surface area contributed by atoms with Crippen LogP contribution in [0.5, 0.6) is 5.75 Å². The predicted octanol–water partition coefficient (Wildman–Crippen LogP) is 2.27. The summed E-state index contributed by atoms with van der Waals surface area (Å²) < 4.78 is 13.9. The minimum Gasteiger partial charge on any atom is -0.508 e. The second kappa shape index (κ2) is 3.22. The molecule has 0 radical (unpaired) electrons. The fourth-order valence-corrected chi connectivity index (χ4v) is 1.71. The van der Waals surface area contributed by atoms with Crippen molar-refractivity contribution in [1.29, 1.82) is 0 Å². The third-order valence-corrected chi connectivity index (χ3v) is 2.86. The number of phenols is 1. The number of carboxylic acid groups (broad SMARTS) is 1. The van der Waals surface area contributed by atoms with Gasteiger partial charge in [-0.25, -0.2) is 4.39 Å². The predicted molar refractivity (Wildman–Crippen MR) is 51.3 cm³/mol. The van der Waals surface area contributed by atoms with Crippen LogP contribution in [0.2, 0.25) is 0 Å². The Bertz CT molecular complexity index is 399. The molecule has 1 aromatic carbocycles. The molecule has 1 fully saturated rings. The van der Waals surface area contributed by atoms with Crippen molar-refractivity contribution in [3.05, 3.63) is 29.8 Å². The van der Waals surface area contributed by atoms with Crippen molar-refractivity contribution < 1.29 is 19.4 Å². The number of alkyl halides is 1. The molecule has 1 saturated carbocycles. The number of benzene rings is 1. The quantitative estimate of drug-likeness (QED) is 0.804. The van der Waals surface area contributed by atoms with Crippen LogP contribution in [-0.4, -0.2) is 16.2 Å². The molecule has 15 heavy (non-hydrogen) atoms. The molecular weight excluding hydrogens is 199 g/mol. The van der Waals surface area contributed by atoms with Crippen molar-refractivity contribution in [1.82, 2.24) is 0 Å². The lowest BCUT2D eigenvalue weighted by Crippen LogP contribution is -2.20. The number of phenolic OH excluding ortho intramolecular Hbond substituents is 1. The van der Waals surface area contributed by atoms with Gasteiger partial charge in [0.2, 0.25) is 0 Å². The van der Waals surface area contributed by atoms with Crippen LogP contribution in [0.25, 0.3) is 0 Å². The van der Waals surface area contributed by atoms with E-state index in [1.54, 1.807) is 0 Å². The van der Waals surface area contributed by atoms with E-state index in [0.717, 1.165) is 0 Å². The first kappa shape index (κ1) is 9.96. The zero-order valence-corrected chi connectivity index (χ0v) is 7.98. The first-order chi connectivity index (χ1) is 7.06. The molecule has 0 saturated heterocycles. The van der Waals surface area contributed by atoms with Gasteiger partial charge < -0.3 is 10.2 Å². The lowest BCUT2D eigenvalue weighted by Gasteiger charge is -2.15. The molecule has 0 spiro atoms. The van der Waals surface area contributed by atoms with E-state index in [-0.39, 0.29) is 11.3 Å². The second-order valence-electron chi connectivity index (χ2n) is 3.92. The molecule has 2 rings (SSSR count). The van der Waals surface area contributed by atoms with E-state index in [0.29, 0.717) is 12.8 Å². The fraction of sp³-hybridized carbons (Fsp3) is 0.364. The lowest BCUT2D eigenvalue weighted by atomic mass is 9.94. The fourth-order valence-electron chi connectivity index (χ4n) is 1.71. The van der Waals surface area contributed by atoms with Crippen molar-refractivity contribution in [2.24, 2.45) is 5.41 Å². The van der Waals surface area contributed by atoms with Gasteiger partial charge in [-0.15, -0.1) is 0 Å². The van der Waals surface area contributed by atoms with Crippen molar-refractivity contribution >= 4 is 5.97 Å². The molecule has 3 nitrogen and oxygen atoms in total. The Morgan fingerprint density at radius 1 is 1.47 bits per heavy atom. The molecule has 4 heteroatoms. The van der Waals surface area contributed by atoms with E-state index in [2.05, 4.69) is 0 Å². The average molecular weight is 210 g/mol. The van der Waals surface area contributed by atoms with Crippen LogP contribution in [-0.2, 0) is 4.79 Å². The Hall–Kier alpha value is -1.58. The van der Waals surface area contributed by atoms with Crippen LogP contribution >= 0.6 is 0 Å². The molecular formula is C11H11FO3. The number of aromatic hydroxyl groups is 1. The summed E-state index contributed by atoms with van der Waals surface area (Å²) in [4.78, 5) is 10.9. The molecule has 0 amide bonds. The van der Waals surface area contributed by atoms with E-state index < -0.39 is 17.6 Å². The lowest BCUT2D eigenvalue weighted by molar-refractivity contribution is -0.146. The summed E-state index contributed by atoms with van der Waals surface area (Å²) >= 11 is 0. The summed E-state index contributed by atoms with van der Waals surface area (Å²) in [6, 6.07) is 5.70. The molecule has 0 heterocycles. The summed E-state index contributed by atoms with van der Waals surface area (Å²) in [6.07, 6.45) is -0.819. The van der Waals surface area contributed by atoms with Gasteiger partial charge >= 0.3 is 5.97 Å². The highest BCUT2D eigenvalue weighted by molar-refractivity contribution is 5.79. The molecule has 1 aliphatic rings. The molecule has 0 bridgehead atoms. The maximum absolute atomic E-state index is 13.9. The molecule has 80 valence electrons. The van der Waals surface area contributed by atoms with E-state index in [9.17, 15) is 14.3 Å². The maximum atomic E-state index is 13.9. The minimum absolute atomic E-state index is 0.0451. The average Bonchev–Trinajstić information content (AvgIpc) is 2.97. The second-order valence-corrected chi connectivity index (χ2v) is 3.92. The Morgan fingerprint density at radius 2 is 2.13 bits per heavy atom. The van der Waals surface area contributed by atoms with Crippen LogP contribution in [0.4, 0.5) is 4.39 Å². The summed E-state index contributed by atoms with van der Waals surface area (Å²) in [5, 5.41) is 18.1. The Morgan fingerprint density at radius 3 is 2.60 bits per heavy atom. The Labute approximate surface area is 86.2 Å². The first-order valence-electron chi connectivity index (χ1n) is 4.73. The van der Waals surface area contributed by atoms with Gasteiger partial charge in [-0.3, -0.25) is 4.79 Å². The van der Waals surface area contributed by atoms with Crippen molar-refractivity contribution in [3.63, 3.8) is 0 Å². The minimum atomic E-state index is -1.54. The summed E-state index contributed by atoms with van der Waals surface area (Å²) in [7, 11) is 0. The normalized spacial score (nSPS) is 19.5. The van der Waals surface area contributed by atoms with Crippen LogP contribution < -0.4 is 0 Å². The first-order valence-corrected chi connectivity index (χ1v) is 4.73. The number of hydrogen-bond acceptors (Lipinski definition) is 2. The number of rotatable bonds is 3. The topological polar surface area (TPSA) is 57.5 Å². The van der Waals surface area contributed by atoms with Gasteiger partial charge in [0.25, 0.3) is 0 Å². The summed E-state index contributed by atoms with van der Waals surface area (Å²) in [5.41, 5.74) is -1.02. The largest absolute Gasteiger partial charge is 0.508 e. The van der Waals surface area contributed by atoms with Crippen LogP contribution in [0.3, 0.4) is 0 Å². The van der Waals surface area contributed by atoms with E-state index in [1.165, 1.54) is 24.3 Å². The van der Waals surface area contributed by atoms with Gasteiger partial charge in [0, 0.05) is 0 Å². The standard InChI is InChI=1S/C11H11FO3/c12-9(11(4-5-11)10(14)15)7-2-1-3-8(13)6-7/h1-3,6,9,13H,4-5H2,(H,14,15). The maximum Gasteiger partial charge on any atom is 0.312 e. The summed E-state index contributed by atoms with van der Waals surface area (Å²) in [6.45, 7) is 0. The molecule has 1 unspecified atom stereocenters. The Balaban J connectivity index is 2.29. The number of carbonyl (C=O) groups is 1. The highest BCUT2D eigenvalue weighted by Gasteiger charge is 2.57. The SMILES string of the molecule is O=C(O)C1(C(F)c2cccc(O)c2)CC1. The number of hydrogen-bond donors (Lipinski definition) is 2. The molecule has 0 aromatic heterocycles. The van der Waals surface area contributed by atoms with Crippen molar-refractivity contribution in [3.8, 4) is 5.75 Å². The number of aliphatic carboxylic acids is 1. The van der Waals surface area contributed by atoms with Crippen LogP contribution in [0.15, 0.2) is 24.3 Å². The molecule has 1 aliphatic carbocycles. The number of halogens is 1. The van der Waals surface area contributed by atoms with Crippen LogP contribution in [0.1, 0.15) is 24.6 Å². The highest BCUT2D eigenvalue weighted by Crippen LogP contribution is 2.57. The molecule has 0 aliphatic heterocycles. The van der Waals surface area contributed by atoms with Gasteiger partial charge in [0.1, 0.15) is 17.3 Å². The third-order valence-electron chi connectivity index (χ3n) is 2.86. The smallest absolute Gasteiger partial charge is 0.312 e. The van der Waals surface area contributed by atoms with Gasteiger partial charge in [-0.1, -0.05) is 12.1 Å². The third kappa shape index (κ3) is 1.56. The Kier molecular flexibility index (Phi) is 2.14.